The molecule has 1 aromatic carbocycles. The molecule has 0 amide bonds. The molecule has 110 valence electrons. The third-order valence-corrected chi connectivity index (χ3v) is 4.66. The maximum atomic E-state index is 14.1. The predicted octanol–water partition coefficient (Wildman–Crippen LogP) is 4.17. The highest BCUT2D eigenvalue weighted by Gasteiger charge is 2.44. The van der Waals surface area contributed by atoms with Gasteiger partial charge in [-0.1, -0.05) is 31.4 Å². The van der Waals surface area contributed by atoms with Crippen molar-refractivity contribution in [2.75, 3.05) is 14.1 Å². The lowest BCUT2D eigenvalue weighted by molar-refractivity contribution is 0.0482. The second kappa shape index (κ2) is 5.82. The molecule has 0 radical (unpaired) electrons. The molecular weight excluding hydrogens is 277 g/mol. The summed E-state index contributed by atoms with van der Waals surface area (Å²) < 4.78 is 14.1. The Kier molecular flexibility index (Phi) is 4.50. The summed E-state index contributed by atoms with van der Waals surface area (Å²) in [6.45, 7) is 2.16. The van der Waals surface area contributed by atoms with Crippen molar-refractivity contribution >= 4 is 17.4 Å². The van der Waals surface area contributed by atoms with E-state index in [-0.39, 0.29) is 11.3 Å². The summed E-state index contributed by atoms with van der Waals surface area (Å²) in [5, 5.41) is 0.315. The molecule has 1 aliphatic rings. The van der Waals surface area contributed by atoms with Crippen LogP contribution in [-0.4, -0.2) is 30.3 Å². The first-order valence-corrected chi connectivity index (χ1v) is 7.42. The Morgan fingerprint density at radius 3 is 2.70 bits per heavy atom. The number of rotatable bonds is 3. The molecule has 1 fully saturated rings. The van der Waals surface area contributed by atoms with Crippen molar-refractivity contribution in [1.82, 2.24) is 4.90 Å². The number of hydrogen-bond acceptors (Lipinski definition) is 2. The summed E-state index contributed by atoms with van der Waals surface area (Å²) in [5.41, 5.74) is -0.441. The molecule has 2 unspecified atom stereocenters. The first kappa shape index (κ1) is 15.5. The number of carbonyl (C=O) groups excluding carboxylic acids is 1. The molecule has 0 N–H and O–H groups in total. The maximum absolute atomic E-state index is 14.1. The van der Waals surface area contributed by atoms with Gasteiger partial charge >= 0.3 is 0 Å². The number of carbonyl (C=O) groups is 1. The van der Waals surface area contributed by atoms with Gasteiger partial charge in [0.15, 0.2) is 5.78 Å². The molecular formula is C16H21ClFNO. The fourth-order valence-corrected chi connectivity index (χ4v) is 3.42. The Bertz CT molecular complexity index is 517. The third-order valence-electron chi connectivity index (χ3n) is 4.43. The first-order valence-electron chi connectivity index (χ1n) is 7.04. The molecule has 0 bridgehead atoms. The van der Waals surface area contributed by atoms with E-state index in [0.717, 1.165) is 25.7 Å². The largest absolute Gasteiger partial charge is 0.297 e. The van der Waals surface area contributed by atoms with Gasteiger partial charge in [-0.05, 0) is 51.1 Å². The summed E-state index contributed by atoms with van der Waals surface area (Å²) in [6.07, 6.45) is 3.69. The van der Waals surface area contributed by atoms with E-state index >= 15 is 0 Å². The SMILES string of the molecule is CC1CCCC(C(=O)c2ccc(Cl)cc2F)(N(C)C)C1. The molecule has 1 aromatic rings. The number of halogens is 2. The fourth-order valence-electron chi connectivity index (χ4n) is 3.26. The molecule has 2 rings (SSSR count). The molecule has 0 spiro atoms. The van der Waals surface area contributed by atoms with Gasteiger partial charge in [-0.25, -0.2) is 4.39 Å². The summed E-state index contributed by atoms with van der Waals surface area (Å²) in [7, 11) is 3.81. The second-order valence-electron chi connectivity index (χ2n) is 6.08. The molecule has 20 heavy (non-hydrogen) atoms. The molecule has 1 aliphatic carbocycles. The van der Waals surface area contributed by atoms with Gasteiger partial charge in [-0.2, -0.15) is 0 Å². The van der Waals surface area contributed by atoms with Gasteiger partial charge in [0, 0.05) is 5.02 Å². The quantitative estimate of drug-likeness (QED) is 0.780. The van der Waals surface area contributed by atoms with E-state index in [2.05, 4.69) is 6.92 Å². The Morgan fingerprint density at radius 1 is 1.45 bits per heavy atom. The average molecular weight is 298 g/mol. The molecule has 0 aromatic heterocycles. The maximum Gasteiger partial charge on any atom is 0.185 e. The Labute approximate surface area is 124 Å². The van der Waals surface area contributed by atoms with Crippen molar-refractivity contribution in [3.05, 3.63) is 34.6 Å². The number of benzene rings is 1. The number of likely N-dealkylation sites (N-methyl/N-ethyl adjacent to an activating group) is 1. The molecule has 2 atom stereocenters. The summed E-state index contributed by atoms with van der Waals surface area (Å²) >= 11 is 5.77. The molecule has 0 aliphatic heterocycles. The topological polar surface area (TPSA) is 20.3 Å². The Hall–Kier alpha value is -0.930. The van der Waals surface area contributed by atoms with Gasteiger partial charge in [-0.3, -0.25) is 9.69 Å². The van der Waals surface area contributed by atoms with Crippen molar-refractivity contribution in [2.24, 2.45) is 5.92 Å². The van der Waals surface area contributed by atoms with Crippen molar-refractivity contribution in [2.45, 2.75) is 38.1 Å². The van der Waals surface area contributed by atoms with Gasteiger partial charge in [-0.15, -0.1) is 0 Å². The van der Waals surface area contributed by atoms with Gasteiger partial charge in [0.2, 0.25) is 0 Å². The van der Waals surface area contributed by atoms with Crippen LogP contribution in [0.5, 0.6) is 0 Å². The lowest BCUT2D eigenvalue weighted by Gasteiger charge is -2.43. The molecule has 4 heteroatoms. The van der Waals surface area contributed by atoms with Crippen LogP contribution in [0.25, 0.3) is 0 Å². The van der Waals surface area contributed by atoms with E-state index in [1.165, 1.54) is 12.1 Å². The van der Waals surface area contributed by atoms with Crippen LogP contribution in [0.15, 0.2) is 18.2 Å². The van der Waals surface area contributed by atoms with Crippen LogP contribution in [0.2, 0.25) is 5.02 Å². The van der Waals surface area contributed by atoms with Crippen LogP contribution < -0.4 is 0 Å². The van der Waals surface area contributed by atoms with Gasteiger partial charge in [0.05, 0.1) is 11.1 Å². The number of Topliss-reactive ketones (excluding diaryl/α,β-unsaturated/α-hetero) is 1. The zero-order chi connectivity index (χ0) is 14.9. The molecule has 2 nitrogen and oxygen atoms in total. The van der Waals surface area contributed by atoms with E-state index in [4.69, 9.17) is 11.6 Å². The van der Waals surface area contributed by atoms with Crippen LogP contribution >= 0.6 is 11.6 Å². The minimum Gasteiger partial charge on any atom is -0.297 e. The Balaban J connectivity index is 2.41. The van der Waals surface area contributed by atoms with E-state index in [9.17, 15) is 9.18 Å². The third kappa shape index (κ3) is 2.75. The number of nitrogens with zero attached hydrogens (tertiary/aromatic N) is 1. The zero-order valence-electron chi connectivity index (χ0n) is 12.2. The number of ketones is 1. The second-order valence-corrected chi connectivity index (χ2v) is 6.52. The summed E-state index contributed by atoms with van der Waals surface area (Å²) in [5.74, 6) is -0.171. The highest BCUT2D eigenvalue weighted by atomic mass is 35.5. The minimum atomic E-state index is -0.591. The van der Waals surface area contributed by atoms with Crippen molar-refractivity contribution in [1.29, 1.82) is 0 Å². The van der Waals surface area contributed by atoms with Crippen LogP contribution in [-0.2, 0) is 0 Å². The van der Waals surface area contributed by atoms with Crippen LogP contribution in [0, 0.1) is 11.7 Å². The summed E-state index contributed by atoms with van der Waals surface area (Å²) in [4.78, 5) is 14.9. The van der Waals surface area contributed by atoms with Gasteiger partial charge < -0.3 is 0 Å². The zero-order valence-corrected chi connectivity index (χ0v) is 13.0. The summed E-state index contributed by atoms with van der Waals surface area (Å²) in [6, 6.07) is 4.29. The molecule has 0 saturated heterocycles. The highest BCUT2D eigenvalue weighted by molar-refractivity contribution is 6.30. The molecule has 1 saturated carbocycles. The van der Waals surface area contributed by atoms with Gasteiger partial charge in [0.1, 0.15) is 5.82 Å². The monoisotopic (exact) mass is 297 g/mol. The van der Waals surface area contributed by atoms with E-state index in [1.807, 2.05) is 19.0 Å². The van der Waals surface area contributed by atoms with Crippen LogP contribution in [0.3, 0.4) is 0 Å². The van der Waals surface area contributed by atoms with Crippen molar-refractivity contribution in [3.8, 4) is 0 Å². The average Bonchev–Trinajstić information content (AvgIpc) is 2.37. The van der Waals surface area contributed by atoms with Crippen molar-refractivity contribution in [3.63, 3.8) is 0 Å². The van der Waals surface area contributed by atoms with E-state index < -0.39 is 11.4 Å². The van der Waals surface area contributed by atoms with E-state index in [0.29, 0.717) is 10.9 Å². The highest BCUT2D eigenvalue weighted by Crippen LogP contribution is 2.38. The first-order chi connectivity index (χ1) is 9.36. The number of hydrogen-bond donors (Lipinski definition) is 0. The van der Waals surface area contributed by atoms with Crippen LogP contribution in [0.1, 0.15) is 43.0 Å². The minimum absolute atomic E-state index is 0.122. The smallest absolute Gasteiger partial charge is 0.185 e. The Morgan fingerprint density at radius 2 is 2.15 bits per heavy atom. The van der Waals surface area contributed by atoms with Crippen LogP contribution in [0.4, 0.5) is 4.39 Å². The van der Waals surface area contributed by atoms with Crippen molar-refractivity contribution < 1.29 is 9.18 Å². The molecule has 0 heterocycles. The van der Waals surface area contributed by atoms with Gasteiger partial charge in [0.25, 0.3) is 0 Å². The lowest BCUT2D eigenvalue weighted by Crippen LogP contribution is -2.54. The lowest BCUT2D eigenvalue weighted by atomic mass is 9.71. The predicted molar refractivity (Wildman–Crippen MR) is 79.8 cm³/mol. The standard InChI is InChI=1S/C16H21ClFNO/c1-11-5-4-8-16(10-11,19(2)3)15(20)13-7-6-12(17)9-14(13)18/h6-7,9,11H,4-5,8,10H2,1-3H3. The normalized spacial score (nSPS) is 26.8. The van der Waals surface area contributed by atoms with E-state index in [1.54, 1.807) is 6.07 Å². The fraction of sp³-hybridized carbons (Fsp3) is 0.562.